The monoisotopic (exact) mass is 193 g/mol. The molecule has 0 saturated heterocycles. The molecule has 1 unspecified atom stereocenters. The molecule has 0 aromatic heterocycles. The molecule has 0 spiro atoms. The number of hydrogen-bond acceptors (Lipinski definition) is 3. The van der Waals surface area contributed by atoms with Crippen molar-refractivity contribution in [2.45, 2.75) is 26.8 Å². The molecule has 0 aromatic rings. The Kier molecular flexibility index (Phi) is 2.89. The van der Waals surface area contributed by atoms with Crippen LogP contribution in [0.4, 0.5) is 0 Å². The molecule has 0 aromatic carbocycles. The molecule has 1 aliphatic heterocycles. The Hall–Kier alpha value is -1.38. The maximum absolute atomic E-state index is 11.3. The first-order valence-corrected chi connectivity index (χ1v) is 4.60. The van der Waals surface area contributed by atoms with Gasteiger partial charge in [0.2, 0.25) is 0 Å². The van der Waals surface area contributed by atoms with E-state index < -0.39 is 0 Å². The number of allylic oxidation sites excluding steroid dienone is 2. The van der Waals surface area contributed by atoms with Crippen molar-refractivity contribution >= 4 is 11.6 Å². The van der Waals surface area contributed by atoms with Gasteiger partial charge >= 0.3 is 0 Å². The smallest absolute Gasteiger partial charge is 0.161 e. The lowest BCUT2D eigenvalue weighted by atomic mass is 9.96. The minimum Gasteiger partial charge on any atom is -0.373 e. The molecule has 0 amide bonds. The van der Waals surface area contributed by atoms with E-state index in [0.29, 0.717) is 11.1 Å². The first-order valence-electron chi connectivity index (χ1n) is 4.60. The molecule has 1 heterocycles. The number of carbonyl (C=O) groups is 2. The van der Waals surface area contributed by atoms with Crippen LogP contribution in [0.3, 0.4) is 0 Å². The van der Waals surface area contributed by atoms with Crippen LogP contribution < -0.4 is 0 Å². The fourth-order valence-corrected chi connectivity index (χ4v) is 1.46. The van der Waals surface area contributed by atoms with Crippen molar-refractivity contribution in [2.24, 2.45) is 0 Å². The number of rotatable bonds is 2. The molecule has 1 aliphatic rings. The third kappa shape index (κ3) is 1.92. The molecule has 1 atom stereocenters. The van der Waals surface area contributed by atoms with Crippen molar-refractivity contribution in [1.29, 1.82) is 0 Å². The van der Waals surface area contributed by atoms with Crippen molar-refractivity contribution in [3.05, 3.63) is 23.4 Å². The topological polar surface area (TPSA) is 37.4 Å². The molecule has 76 valence electrons. The van der Waals surface area contributed by atoms with Crippen molar-refractivity contribution in [3.63, 3.8) is 0 Å². The molecule has 14 heavy (non-hydrogen) atoms. The number of hydrogen-bond donors (Lipinski definition) is 0. The fraction of sp³-hybridized carbons (Fsp3) is 0.455. The van der Waals surface area contributed by atoms with E-state index in [1.54, 1.807) is 12.3 Å². The van der Waals surface area contributed by atoms with Gasteiger partial charge in [-0.3, -0.25) is 9.59 Å². The largest absolute Gasteiger partial charge is 0.373 e. The molecule has 3 heteroatoms. The van der Waals surface area contributed by atoms with Crippen LogP contribution in [0.25, 0.3) is 0 Å². The van der Waals surface area contributed by atoms with Crippen LogP contribution in [-0.4, -0.2) is 29.6 Å². The molecule has 1 rings (SSSR count). The SMILES string of the molecule is CC(=O)C1=CN(C)C(C)C(C(C)=O)=C1. The zero-order valence-electron chi connectivity index (χ0n) is 9.00. The molecular weight excluding hydrogens is 178 g/mol. The van der Waals surface area contributed by atoms with Crippen molar-refractivity contribution < 1.29 is 9.59 Å². The summed E-state index contributed by atoms with van der Waals surface area (Å²) in [7, 11) is 1.86. The van der Waals surface area contributed by atoms with Gasteiger partial charge in [0.25, 0.3) is 0 Å². The molecule has 0 bridgehead atoms. The van der Waals surface area contributed by atoms with Crippen LogP contribution in [0.2, 0.25) is 0 Å². The Morgan fingerprint density at radius 3 is 2.29 bits per heavy atom. The van der Waals surface area contributed by atoms with Gasteiger partial charge in [-0.25, -0.2) is 0 Å². The van der Waals surface area contributed by atoms with E-state index in [1.807, 2.05) is 18.9 Å². The molecule has 0 saturated carbocycles. The Labute approximate surface area is 84.1 Å². The number of likely N-dealkylation sites (N-methyl/N-ethyl adjacent to an activating group) is 1. The standard InChI is InChI=1S/C11H15NO2/c1-7-11(9(3)14)5-10(8(2)13)6-12(7)4/h5-7H,1-4H3. The summed E-state index contributed by atoms with van der Waals surface area (Å²) in [6.07, 6.45) is 3.47. The summed E-state index contributed by atoms with van der Waals surface area (Å²) in [5.74, 6) is 0.0127. The van der Waals surface area contributed by atoms with E-state index in [2.05, 4.69) is 0 Å². The highest BCUT2D eigenvalue weighted by atomic mass is 16.1. The molecule has 0 radical (unpaired) electrons. The Morgan fingerprint density at radius 1 is 1.29 bits per heavy atom. The highest BCUT2D eigenvalue weighted by molar-refractivity contribution is 6.01. The average Bonchev–Trinajstić information content (AvgIpc) is 2.08. The van der Waals surface area contributed by atoms with Crippen LogP contribution in [0, 0.1) is 0 Å². The summed E-state index contributed by atoms with van der Waals surface area (Å²) < 4.78 is 0. The number of nitrogens with zero attached hydrogens (tertiary/aromatic N) is 1. The van der Waals surface area contributed by atoms with Gasteiger partial charge in [-0.2, -0.15) is 0 Å². The van der Waals surface area contributed by atoms with E-state index in [0.717, 1.165) is 0 Å². The normalized spacial score (nSPS) is 21.4. The van der Waals surface area contributed by atoms with Gasteiger partial charge in [0, 0.05) is 24.4 Å². The van der Waals surface area contributed by atoms with Gasteiger partial charge in [-0.1, -0.05) is 0 Å². The van der Waals surface area contributed by atoms with E-state index in [1.165, 1.54) is 13.8 Å². The predicted octanol–water partition coefficient (Wildman–Crippen LogP) is 1.31. The number of carbonyl (C=O) groups excluding carboxylic acids is 2. The quantitative estimate of drug-likeness (QED) is 0.663. The Morgan fingerprint density at radius 2 is 1.86 bits per heavy atom. The summed E-state index contributed by atoms with van der Waals surface area (Å²) in [5, 5.41) is 0. The Bertz CT molecular complexity index is 339. The second kappa shape index (κ2) is 3.78. The first kappa shape index (κ1) is 10.7. The van der Waals surface area contributed by atoms with Gasteiger partial charge in [0.05, 0.1) is 6.04 Å². The van der Waals surface area contributed by atoms with Crippen molar-refractivity contribution in [1.82, 2.24) is 4.90 Å². The van der Waals surface area contributed by atoms with Crippen LogP contribution in [0.1, 0.15) is 20.8 Å². The van der Waals surface area contributed by atoms with Gasteiger partial charge in [-0.15, -0.1) is 0 Å². The fourth-order valence-electron chi connectivity index (χ4n) is 1.46. The summed E-state index contributed by atoms with van der Waals surface area (Å²) >= 11 is 0. The van der Waals surface area contributed by atoms with Crippen molar-refractivity contribution in [2.75, 3.05) is 7.05 Å². The van der Waals surface area contributed by atoms with E-state index in [9.17, 15) is 9.59 Å². The zero-order chi connectivity index (χ0) is 10.9. The first-order chi connectivity index (χ1) is 6.43. The van der Waals surface area contributed by atoms with Gasteiger partial charge in [0.15, 0.2) is 11.6 Å². The van der Waals surface area contributed by atoms with E-state index in [4.69, 9.17) is 0 Å². The molecular formula is C11H15NO2. The number of ketones is 2. The summed E-state index contributed by atoms with van der Waals surface area (Å²) in [6.45, 7) is 4.98. The van der Waals surface area contributed by atoms with Crippen LogP contribution in [0.5, 0.6) is 0 Å². The maximum Gasteiger partial charge on any atom is 0.161 e. The van der Waals surface area contributed by atoms with Crippen molar-refractivity contribution in [3.8, 4) is 0 Å². The van der Waals surface area contributed by atoms with Crippen LogP contribution >= 0.6 is 0 Å². The molecule has 0 aliphatic carbocycles. The Balaban J connectivity index is 3.10. The van der Waals surface area contributed by atoms with Crippen LogP contribution in [-0.2, 0) is 9.59 Å². The van der Waals surface area contributed by atoms with E-state index in [-0.39, 0.29) is 17.6 Å². The summed E-state index contributed by atoms with van der Waals surface area (Å²) in [5.41, 5.74) is 1.29. The minimum absolute atomic E-state index is 0.0116. The molecule has 0 fully saturated rings. The number of Topliss-reactive ketones (excluding diaryl/α,β-unsaturated/α-hetero) is 2. The highest BCUT2D eigenvalue weighted by Gasteiger charge is 2.21. The summed E-state index contributed by atoms with van der Waals surface area (Å²) in [4.78, 5) is 24.3. The molecule has 0 N–H and O–H groups in total. The predicted molar refractivity (Wildman–Crippen MR) is 54.8 cm³/mol. The van der Waals surface area contributed by atoms with E-state index >= 15 is 0 Å². The lowest BCUT2D eigenvalue weighted by molar-refractivity contribution is -0.114. The lowest BCUT2D eigenvalue weighted by Gasteiger charge is -2.28. The van der Waals surface area contributed by atoms with Gasteiger partial charge in [-0.05, 0) is 26.8 Å². The molecule has 3 nitrogen and oxygen atoms in total. The zero-order valence-corrected chi connectivity index (χ0v) is 9.00. The lowest BCUT2D eigenvalue weighted by Crippen LogP contribution is -2.32. The second-order valence-corrected chi connectivity index (χ2v) is 3.64. The average molecular weight is 193 g/mol. The third-order valence-electron chi connectivity index (χ3n) is 2.53. The third-order valence-corrected chi connectivity index (χ3v) is 2.53. The van der Waals surface area contributed by atoms with Gasteiger partial charge < -0.3 is 4.90 Å². The second-order valence-electron chi connectivity index (χ2n) is 3.64. The maximum atomic E-state index is 11.3. The highest BCUT2D eigenvalue weighted by Crippen LogP contribution is 2.20. The van der Waals surface area contributed by atoms with Crippen LogP contribution in [0.15, 0.2) is 23.4 Å². The minimum atomic E-state index is -0.0116. The summed E-state index contributed by atoms with van der Waals surface area (Å²) in [6, 6.07) is 0.0515. The van der Waals surface area contributed by atoms with Gasteiger partial charge in [0.1, 0.15) is 0 Å².